The van der Waals surface area contributed by atoms with Crippen molar-refractivity contribution < 1.29 is 4.79 Å². The van der Waals surface area contributed by atoms with Crippen molar-refractivity contribution in [1.29, 1.82) is 0 Å². The quantitative estimate of drug-likeness (QED) is 0.720. The fraction of sp³-hybridized carbons (Fsp3) is 0.533. The predicted octanol–water partition coefficient (Wildman–Crippen LogP) is 4.37. The normalized spacial score (nSPS) is 19.1. The van der Waals surface area contributed by atoms with Gasteiger partial charge in [-0.05, 0) is 38.0 Å². The maximum atomic E-state index is 11.6. The predicted molar refractivity (Wildman–Crippen MR) is 77.1 cm³/mol. The lowest BCUT2D eigenvalue weighted by Crippen LogP contribution is -2.20. The first-order valence-electron chi connectivity index (χ1n) is 6.21. The second kappa shape index (κ2) is 6.85. The second-order valence-electron chi connectivity index (χ2n) is 4.54. The van der Waals surface area contributed by atoms with Crippen LogP contribution in [-0.2, 0) is 4.79 Å². The molecule has 2 heteroatoms. The number of hydrogen-bond donors (Lipinski definition) is 0. The van der Waals surface area contributed by atoms with Crippen LogP contribution in [0.3, 0.4) is 0 Å². The van der Waals surface area contributed by atoms with E-state index in [4.69, 9.17) is 0 Å². The van der Waals surface area contributed by atoms with Crippen LogP contribution in [0.1, 0.15) is 33.6 Å². The van der Waals surface area contributed by atoms with E-state index in [1.807, 2.05) is 0 Å². The third kappa shape index (κ3) is 3.88. The fourth-order valence-electron chi connectivity index (χ4n) is 2.35. The topological polar surface area (TPSA) is 17.1 Å². The van der Waals surface area contributed by atoms with Gasteiger partial charge in [0.25, 0.3) is 0 Å². The largest absolute Gasteiger partial charge is 0.300 e. The minimum absolute atomic E-state index is 0.166. The third-order valence-electron chi connectivity index (χ3n) is 3.48. The maximum absolute atomic E-state index is 11.6. The molecule has 1 rings (SSSR count). The first-order chi connectivity index (χ1) is 8.10. The van der Waals surface area contributed by atoms with Gasteiger partial charge in [-0.3, -0.25) is 4.79 Å². The first-order valence-corrected chi connectivity index (χ1v) is 7.44. The van der Waals surface area contributed by atoms with E-state index in [-0.39, 0.29) is 5.92 Å². The zero-order valence-electron chi connectivity index (χ0n) is 11.2. The highest BCUT2D eigenvalue weighted by atomic mass is 32.2. The van der Waals surface area contributed by atoms with Crippen LogP contribution in [0, 0.1) is 11.8 Å². The molecule has 1 aliphatic carbocycles. The van der Waals surface area contributed by atoms with Crippen LogP contribution in [0.4, 0.5) is 0 Å². The summed E-state index contributed by atoms with van der Waals surface area (Å²) in [5.41, 5.74) is 1.37. The van der Waals surface area contributed by atoms with Crippen LogP contribution < -0.4 is 0 Å². The second-order valence-corrected chi connectivity index (χ2v) is 5.41. The molecule has 0 aliphatic heterocycles. The van der Waals surface area contributed by atoms with Gasteiger partial charge in [-0.25, -0.2) is 0 Å². The van der Waals surface area contributed by atoms with Crippen molar-refractivity contribution in [2.24, 2.45) is 11.8 Å². The fourth-order valence-corrected chi connectivity index (χ4v) is 2.79. The van der Waals surface area contributed by atoms with Gasteiger partial charge < -0.3 is 0 Å². The summed E-state index contributed by atoms with van der Waals surface area (Å²) in [5, 5.41) is 0. The first kappa shape index (κ1) is 14.3. The van der Waals surface area contributed by atoms with E-state index in [1.165, 1.54) is 10.5 Å². The molecule has 0 amide bonds. The molecule has 0 heterocycles. The lowest BCUT2D eigenvalue weighted by molar-refractivity contribution is -0.121. The summed E-state index contributed by atoms with van der Waals surface area (Å²) in [5.74, 6) is 0.821. The molecule has 0 bridgehead atoms. The Labute approximate surface area is 109 Å². The van der Waals surface area contributed by atoms with Gasteiger partial charge in [0.15, 0.2) is 0 Å². The van der Waals surface area contributed by atoms with Crippen LogP contribution >= 0.6 is 11.8 Å². The molecule has 0 N–H and O–H groups in total. The molecule has 0 aromatic carbocycles. The van der Waals surface area contributed by atoms with Crippen LogP contribution in [0.15, 0.2) is 34.8 Å². The summed E-state index contributed by atoms with van der Waals surface area (Å²) in [6.07, 6.45) is 12.7. The van der Waals surface area contributed by atoms with Gasteiger partial charge >= 0.3 is 0 Å². The van der Waals surface area contributed by atoms with Gasteiger partial charge in [0.05, 0.1) is 0 Å². The molecule has 2 atom stereocenters. The van der Waals surface area contributed by atoms with E-state index in [0.717, 1.165) is 12.8 Å². The Balaban J connectivity index is 2.86. The summed E-state index contributed by atoms with van der Waals surface area (Å²) < 4.78 is 0. The number of Topliss-reactive ketones (excluding diaryl/α,β-unsaturated/α-hetero) is 1. The summed E-state index contributed by atoms with van der Waals surface area (Å²) in [7, 11) is 0. The number of carbonyl (C=O) groups is 1. The lowest BCUT2D eigenvalue weighted by Gasteiger charge is -2.22. The molecular formula is C15H22OS. The SMILES string of the molecule is CCC(C(C)=O)C(C)C1=CC=C(SC)C=CC1. The van der Waals surface area contributed by atoms with E-state index >= 15 is 0 Å². The Bertz CT molecular complexity index is 363. The van der Waals surface area contributed by atoms with Crippen LogP contribution in [0.5, 0.6) is 0 Å². The number of allylic oxidation sites excluding steroid dienone is 5. The van der Waals surface area contributed by atoms with E-state index in [1.54, 1.807) is 18.7 Å². The van der Waals surface area contributed by atoms with E-state index in [9.17, 15) is 4.79 Å². The lowest BCUT2D eigenvalue weighted by atomic mass is 9.82. The van der Waals surface area contributed by atoms with E-state index < -0.39 is 0 Å². The zero-order valence-corrected chi connectivity index (χ0v) is 12.0. The highest BCUT2D eigenvalue weighted by Crippen LogP contribution is 2.29. The van der Waals surface area contributed by atoms with Crippen LogP contribution in [-0.4, -0.2) is 12.0 Å². The van der Waals surface area contributed by atoms with Gasteiger partial charge in [0.1, 0.15) is 5.78 Å². The van der Waals surface area contributed by atoms with Crippen molar-refractivity contribution in [3.63, 3.8) is 0 Å². The standard InChI is InChI=1S/C15H22OS/c1-5-15(12(3)16)11(2)13-7-6-8-14(17-4)10-9-13/h6,8-11,15H,5,7H2,1-4H3. The summed E-state index contributed by atoms with van der Waals surface area (Å²) in [4.78, 5) is 12.9. The number of thioether (sulfide) groups is 1. The Morgan fingerprint density at radius 2 is 2.18 bits per heavy atom. The molecule has 17 heavy (non-hydrogen) atoms. The highest BCUT2D eigenvalue weighted by molar-refractivity contribution is 8.02. The van der Waals surface area contributed by atoms with Gasteiger partial charge in [0, 0.05) is 10.8 Å². The van der Waals surface area contributed by atoms with Crippen molar-refractivity contribution in [1.82, 2.24) is 0 Å². The van der Waals surface area contributed by atoms with Crippen molar-refractivity contribution in [2.75, 3.05) is 6.26 Å². The smallest absolute Gasteiger partial charge is 0.133 e. The van der Waals surface area contributed by atoms with Gasteiger partial charge in [-0.1, -0.05) is 37.6 Å². The minimum atomic E-state index is 0.166. The summed E-state index contributed by atoms with van der Waals surface area (Å²) in [6, 6.07) is 0. The molecule has 0 aromatic rings. The summed E-state index contributed by atoms with van der Waals surface area (Å²) in [6.45, 7) is 5.98. The third-order valence-corrected chi connectivity index (χ3v) is 4.23. The van der Waals surface area contributed by atoms with Crippen molar-refractivity contribution in [3.05, 3.63) is 34.8 Å². The molecule has 0 saturated heterocycles. The van der Waals surface area contributed by atoms with Crippen LogP contribution in [0.25, 0.3) is 0 Å². The molecule has 0 fully saturated rings. The monoisotopic (exact) mass is 250 g/mol. The molecule has 0 spiro atoms. The van der Waals surface area contributed by atoms with Crippen molar-refractivity contribution in [3.8, 4) is 0 Å². The molecular weight excluding hydrogens is 228 g/mol. The number of rotatable bonds is 5. The number of ketones is 1. The molecule has 0 radical (unpaired) electrons. The van der Waals surface area contributed by atoms with Crippen LogP contribution in [0.2, 0.25) is 0 Å². The molecule has 1 nitrogen and oxygen atoms in total. The molecule has 2 unspecified atom stereocenters. The van der Waals surface area contributed by atoms with Gasteiger partial charge in [0.2, 0.25) is 0 Å². The Hall–Kier alpha value is -0.760. The Morgan fingerprint density at radius 3 is 2.71 bits per heavy atom. The molecule has 0 aromatic heterocycles. The number of carbonyl (C=O) groups excluding carboxylic acids is 1. The molecule has 94 valence electrons. The van der Waals surface area contributed by atoms with E-state index in [2.05, 4.69) is 44.4 Å². The Kier molecular flexibility index (Phi) is 5.76. The Morgan fingerprint density at radius 1 is 1.47 bits per heavy atom. The van der Waals surface area contributed by atoms with E-state index in [0.29, 0.717) is 11.7 Å². The average Bonchev–Trinajstić information content (AvgIpc) is 2.54. The highest BCUT2D eigenvalue weighted by Gasteiger charge is 2.22. The minimum Gasteiger partial charge on any atom is -0.300 e. The summed E-state index contributed by atoms with van der Waals surface area (Å²) >= 11 is 1.76. The average molecular weight is 250 g/mol. The van der Waals surface area contributed by atoms with Gasteiger partial charge in [-0.2, -0.15) is 0 Å². The molecule has 0 saturated carbocycles. The van der Waals surface area contributed by atoms with Gasteiger partial charge in [-0.15, -0.1) is 11.8 Å². The zero-order chi connectivity index (χ0) is 12.8. The maximum Gasteiger partial charge on any atom is 0.133 e. The molecule has 1 aliphatic rings. The number of hydrogen-bond acceptors (Lipinski definition) is 2. The van der Waals surface area contributed by atoms with Crippen molar-refractivity contribution >= 4 is 17.5 Å². The van der Waals surface area contributed by atoms with Crippen molar-refractivity contribution in [2.45, 2.75) is 33.6 Å².